The van der Waals surface area contributed by atoms with Crippen molar-refractivity contribution in [1.29, 1.82) is 0 Å². The van der Waals surface area contributed by atoms with Gasteiger partial charge in [-0.15, -0.1) is 0 Å². The van der Waals surface area contributed by atoms with Crippen LogP contribution in [0.4, 0.5) is 4.39 Å². The van der Waals surface area contributed by atoms with Crippen molar-refractivity contribution < 1.29 is 9.18 Å². The molecule has 2 saturated carbocycles. The highest BCUT2D eigenvalue weighted by molar-refractivity contribution is 5.81. The molecular formula is C16H27FN2O. The largest absolute Gasteiger partial charge is 0.355 e. The first kappa shape index (κ1) is 14.3. The average Bonchev–Trinajstić information content (AvgIpc) is 3.08. The third-order valence-corrected chi connectivity index (χ3v) is 5.69. The van der Waals surface area contributed by atoms with Gasteiger partial charge in [-0.2, -0.15) is 0 Å². The molecule has 1 aliphatic heterocycles. The second-order valence-corrected chi connectivity index (χ2v) is 6.90. The highest BCUT2D eigenvalue weighted by atomic mass is 19.1. The molecule has 1 heterocycles. The summed E-state index contributed by atoms with van der Waals surface area (Å²) < 4.78 is 13.6. The molecule has 3 fully saturated rings. The van der Waals surface area contributed by atoms with Gasteiger partial charge in [0.1, 0.15) is 6.17 Å². The Hall–Kier alpha value is -0.640. The SMILES string of the molecule is O=C(NCCC1CCC2CCC(F)CC12)[C@@H]1CCCN1. The minimum Gasteiger partial charge on any atom is -0.355 e. The van der Waals surface area contributed by atoms with Crippen LogP contribution in [-0.4, -0.2) is 31.2 Å². The monoisotopic (exact) mass is 282 g/mol. The summed E-state index contributed by atoms with van der Waals surface area (Å²) in [5, 5.41) is 6.29. The fourth-order valence-corrected chi connectivity index (χ4v) is 4.56. The lowest BCUT2D eigenvalue weighted by molar-refractivity contribution is -0.122. The number of alkyl halides is 1. The van der Waals surface area contributed by atoms with Crippen LogP contribution in [0.3, 0.4) is 0 Å². The Bertz CT molecular complexity index is 343. The molecule has 4 heteroatoms. The zero-order valence-electron chi connectivity index (χ0n) is 12.2. The highest BCUT2D eigenvalue weighted by Gasteiger charge is 2.40. The second kappa shape index (κ2) is 6.42. The lowest BCUT2D eigenvalue weighted by Crippen LogP contribution is -2.41. The van der Waals surface area contributed by atoms with E-state index in [0.717, 1.165) is 57.5 Å². The number of carbonyl (C=O) groups is 1. The zero-order valence-corrected chi connectivity index (χ0v) is 12.2. The van der Waals surface area contributed by atoms with Crippen molar-refractivity contribution in [2.45, 2.75) is 63.6 Å². The first-order chi connectivity index (χ1) is 9.74. The summed E-state index contributed by atoms with van der Waals surface area (Å²) in [4.78, 5) is 11.9. The summed E-state index contributed by atoms with van der Waals surface area (Å²) in [6.45, 7) is 1.73. The molecule has 2 N–H and O–H groups in total. The van der Waals surface area contributed by atoms with Crippen LogP contribution >= 0.6 is 0 Å². The average molecular weight is 282 g/mol. The van der Waals surface area contributed by atoms with E-state index in [1.54, 1.807) is 0 Å². The van der Waals surface area contributed by atoms with Crippen LogP contribution in [0.1, 0.15) is 51.4 Å². The molecule has 0 radical (unpaired) electrons. The van der Waals surface area contributed by atoms with E-state index < -0.39 is 6.17 Å². The quantitative estimate of drug-likeness (QED) is 0.831. The topological polar surface area (TPSA) is 41.1 Å². The van der Waals surface area contributed by atoms with Crippen LogP contribution in [-0.2, 0) is 4.79 Å². The lowest BCUT2D eigenvalue weighted by atomic mass is 9.76. The van der Waals surface area contributed by atoms with E-state index in [4.69, 9.17) is 0 Å². The van der Waals surface area contributed by atoms with E-state index >= 15 is 0 Å². The van der Waals surface area contributed by atoms with Gasteiger partial charge >= 0.3 is 0 Å². The molecule has 0 bridgehead atoms. The van der Waals surface area contributed by atoms with E-state index in [9.17, 15) is 9.18 Å². The Morgan fingerprint density at radius 1 is 1.20 bits per heavy atom. The molecule has 4 unspecified atom stereocenters. The summed E-state index contributed by atoms with van der Waals surface area (Å²) in [7, 11) is 0. The first-order valence-corrected chi connectivity index (χ1v) is 8.39. The fraction of sp³-hybridized carbons (Fsp3) is 0.938. The molecule has 3 nitrogen and oxygen atoms in total. The van der Waals surface area contributed by atoms with E-state index in [1.807, 2.05) is 0 Å². The summed E-state index contributed by atoms with van der Waals surface area (Å²) in [6.07, 6.45) is 7.67. The zero-order chi connectivity index (χ0) is 13.9. The second-order valence-electron chi connectivity index (χ2n) is 6.90. The van der Waals surface area contributed by atoms with Gasteiger partial charge in [-0.1, -0.05) is 0 Å². The molecule has 20 heavy (non-hydrogen) atoms. The predicted octanol–water partition coefficient (Wildman–Crippen LogP) is 2.41. The molecular weight excluding hydrogens is 255 g/mol. The summed E-state index contributed by atoms with van der Waals surface area (Å²) in [5.74, 6) is 2.14. The van der Waals surface area contributed by atoms with Crippen LogP contribution in [0.2, 0.25) is 0 Å². The van der Waals surface area contributed by atoms with Gasteiger partial charge in [-0.25, -0.2) is 4.39 Å². The van der Waals surface area contributed by atoms with Gasteiger partial charge < -0.3 is 10.6 Å². The number of rotatable bonds is 4. The fourth-order valence-electron chi connectivity index (χ4n) is 4.56. The standard InChI is InChI=1S/C16H27FN2O/c17-13-6-5-11-3-4-12(14(11)10-13)7-9-19-16(20)15-2-1-8-18-15/h11-15,18H,1-10H2,(H,19,20)/t11?,12?,13?,14?,15-/m0/s1. The Morgan fingerprint density at radius 2 is 2.05 bits per heavy atom. The third-order valence-electron chi connectivity index (χ3n) is 5.69. The molecule has 0 aromatic carbocycles. The van der Waals surface area contributed by atoms with E-state index in [2.05, 4.69) is 10.6 Å². The summed E-state index contributed by atoms with van der Waals surface area (Å²) in [5.41, 5.74) is 0. The normalized spacial score (nSPS) is 40.5. The lowest BCUT2D eigenvalue weighted by Gasteiger charge is -2.31. The van der Waals surface area contributed by atoms with E-state index in [-0.39, 0.29) is 11.9 Å². The highest BCUT2D eigenvalue weighted by Crippen LogP contribution is 2.47. The maximum Gasteiger partial charge on any atom is 0.237 e. The molecule has 3 rings (SSSR count). The van der Waals surface area contributed by atoms with Gasteiger partial charge in [-0.3, -0.25) is 4.79 Å². The molecule has 114 valence electrons. The van der Waals surface area contributed by atoms with Gasteiger partial charge in [0.2, 0.25) is 5.91 Å². The van der Waals surface area contributed by atoms with Gasteiger partial charge in [0.15, 0.2) is 0 Å². The molecule has 5 atom stereocenters. The van der Waals surface area contributed by atoms with Crippen LogP contribution in [0.15, 0.2) is 0 Å². The van der Waals surface area contributed by atoms with Crippen molar-refractivity contribution in [3.63, 3.8) is 0 Å². The smallest absolute Gasteiger partial charge is 0.237 e. The van der Waals surface area contributed by atoms with Gasteiger partial charge in [0, 0.05) is 6.54 Å². The van der Waals surface area contributed by atoms with Crippen LogP contribution in [0.5, 0.6) is 0 Å². The molecule has 0 spiro atoms. The Morgan fingerprint density at radius 3 is 2.85 bits per heavy atom. The third kappa shape index (κ3) is 3.16. The number of nitrogens with one attached hydrogen (secondary N) is 2. The first-order valence-electron chi connectivity index (χ1n) is 8.39. The number of amides is 1. The number of fused-ring (bicyclic) bond motifs is 1. The Balaban J connectivity index is 1.41. The Kier molecular flexibility index (Phi) is 4.59. The van der Waals surface area contributed by atoms with Crippen molar-refractivity contribution in [3.05, 3.63) is 0 Å². The van der Waals surface area contributed by atoms with Crippen molar-refractivity contribution in [3.8, 4) is 0 Å². The minimum atomic E-state index is -0.575. The molecule has 1 amide bonds. The summed E-state index contributed by atoms with van der Waals surface area (Å²) in [6, 6.07) is 0.0243. The Labute approximate surface area is 121 Å². The number of carbonyl (C=O) groups excluding carboxylic acids is 1. The van der Waals surface area contributed by atoms with Gasteiger partial charge in [0.25, 0.3) is 0 Å². The van der Waals surface area contributed by atoms with Gasteiger partial charge in [-0.05, 0) is 75.7 Å². The number of hydrogen-bond donors (Lipinski definition) is 2. The van der Waals surface area contributed by atoms with E-state index in [0.29, 0.717) is 11.8 Å². The summed E-state index contributed by atoms with van der Waals surface area (Å²) >= 11 is 0. The predicted molar refractivity (Wildman–Crippen MR) is 77.1 cm³/mol. The molecule has 2 aliphatic carbocycles. The molecule has 0 aromatic rings. The number of hydrogen-bond acceptors (Lipinski definition) is 2. The maximum atomic E-state index is 13.6. The van der Waals surface area contributed by atoms with Gasteiger partial charge in [0.05, 0.1) is 6.04 Å². The van der Waals surface area contributed by atoms with E-state index in [1.165, 1.54) is 12.8 Å². The molecule has 3 aliphatic rings. The molecule has 0 aromatic heterocycles. The van der Waals surface area contributed by atoms with Crippen molar-refractivity contribution in [2.24, 2.45) is 17.8 Å². The van der Waals surface area contributed by atoms with Crippen molar-refractivity contribution >= 4 is 5.91 Å². The molecule has 1 saturated heterocycles. The number of halogens is 1. The van der Waals surface area contributed by atoms with Crippen molar-refractivity contribution in [1.82, 2.24) is 10.6 Å². The minimum absolute atomic E-state index is 0.0243. The van der Waals surface area contributed by atoms with Crippen LogP contribution < -0.4 is 10.6 Å². The maximum absolute atomic E-state index is 13.6. The van der Waals surface area contributed by atoms with Crippen molar-refractivity contribution in [2.75, 3.05) is 13.1 Å². The van der Waals surface area contributed by atoms with Crippen LogP contribution in [0.25, 0.3) is 0 Å². The van der Waals surface area contributed by atoms with Crippen LogP contribution in [0, 0.1) is 17.8 Å².